The van der Waals surface area contributed by atoms with Crippen LogP contribution in [0.2, 0.25) is 0 Å². The molecule has 0 radical (unpaired) electrons. The molecule has 1 unspecified atom stereocenters. The van der Waals surface area contributed by atoms with Gasteiger partial charge < -0.3 is 15.6 Å². The predicted octanol–water partition coefficient (Wildman–Crippen LogP) is 2.72. The Morgan fingerprint density at radius 1 is 1.16 bits per heavy atom. The topological polar surface area (TPSA) is 75.8 Å². The first-order valence-corrected chi connectivity index (χ1v) is 8.67. The van der Waals surface area contributed by atoms with E-state index in [9.17, 15) is 9.90 Å². The first-order chi connectivity index (χ1) is 12.1. The molecule has 0 amide bonds. The molecule has 0 spiro atoms. The predicted molar refractivity (Wildman–Crippen MR) is 101 cm³/mol. The average Bonchev–Trinajstić information content (AvgIpc) is 2.94. The molecule has 0 fully saturated rings. The van der Waals surface area contributed by atoms with Gasteiger partial charge >= 0.3 is 0 Å². The van der Waals surface area contributed by atoms with Crippen LogP contribution in [0.5, 0.6) is 5.75 Å². The summed E-state index contributed by atoms with van der Waals surface area (Å²) in [6.45, 7) is 0.971. The molecule has 3 rings (SSSR count). The van der Waals surface area contributed by atoms with Crippen molar-refractivity contribution in [1.82, 2.24) is 4.31 Å². The van der Waals surface area contributed by atoms with Gasteiger partial charge in [0.25, 0.3) is 0 Å². The van der Waals surface area contributed by atoms with Crippen LogP contribution in [0.15, 0.2) is 54.6 Å². The van der Waals surface area contributed by atoms with Gasteiger partial charge in [-0.1, -0.05) is 42.5 Å². The Kier molecular flexibility index (Phi) is 5.24. The molecular formula is C19H20N2O3S. The molecule has 25 heavy (non-hydrogen) atoms. The summed E-state index contributed by atoms with van der Waals surface area (Å²) in [5.74, 6) is 0.168. The van der Waals surface area contributed by atoms with Gasteiger partial charge in [-0.25, -0.2) is 4.31 Å². The molecule has 5 nitrogen and oxygen atoms in total. The maximum absolute atomic E-state index is 12.0. The molecule has 0 saturated carbocycles. The second-order valence-corrected chi connectivity index (χ2v) is 6.78. The third kappa shape index (κ3) is 3.34. The lowest BCUT2D eigenvalue weighted by Gasteiger charge is -2.30. The molecular weight excluding hydrogens is 336 g/mol. The van der Waals surface area contributed by atoms with Crippen molar-refractivity contribution in [1.29, 1.82) is 0 Å². The number of benzene rings is 2. The summed E-state index contributed by atoms with van der Waals surface area (Å²) in [5.41, 5.74) is 7.80. The number of carbonyl (C=O) groups excluding carboxylic acids is 1. The fraction of sp³-hybridized carbons (Fsp3) is 0.211. The van der Waals surface area contributed by atoms with Crippen molar-refractivity contribution in [2.75, 3.05) is 20.3 Å². The molecule has 6 heteroatoms. The highest BCUT2D eigenvalue weighted by Crippen LogP contribution is 2.50. The molecule has 1 aliphatic heterocycles. The Morgan fingerprint density at radius 2 is 1.84 bits per heavy atom. The highest BCUT2D eigenvalue weighted by Gasteiger charge is 2.46. The minimum Gasteiger partial charge on any atom is -0.508 e. The van der Waals surface area contributed by atoms with Crippen LogP contribution >= 0.6 is 11.9 Å². The third-order valence-electron chi connectivity index (χ3n) is 4.11. The minimum atomic E-state index is -1.27. The van der Waals surface area contributed by atoms with Crippen molar-refractivity contribution in [3.63, 3.8) is 0 Å². The first kappa shape index (κ1) is 17.7. The van der Waals surface area contributed by atoms with Crippen LogP contribution in [0.25, 0.3) is 10.5 Å². The molecule has 0 aliphatic carbocycles. The van der Waals surface area contributed by atoms with Crippen LogP contribution in [0, 0.1) is 0 Å². The first-order valence-electron chi connectivity index (χ1n) is 7.89. The fourth-order valence-electron chi connectivity index (χ4n) is 2.84. The van der Waals surface area contributed by atoms with Crippen LogP contribution < -0.4 is 5.73 Å². The van der Waals surface area contributed by atoms with Gasteiger partial charge in [0, 0.05) is 24.1 Å². The number of ether oxygens (including phenoxy) is 1. The number of nitrogens with two attached hydrogens (primary N) is 1. The van der Waals surface area contributed by atoms with E-state index in [0.717, 1.165) is 27.9 Å². The van der Waals surface area contributed by atoms with E-state index in [4.69, 9.17) is 10.5 Å². The maximum atomic E-state index is 12.0. The van der Waals surface area contributed by atoms with Crippen molar-refractivity contribution >= 4 is 28.7 Å². The third-order valence-corrected chi connectivity index (χ3v) is 5.44. The zero-order valence-electron chi connectivity index (χ0n) is 13.9. The fourth-order valence-corrected chi connectivity index (χ4v) is 4.12. The molecule has 1 aliphatic rings. The molecule has 0 saturated heterocycles. The standard InChI is InChI=1S/C19H20N2O3S/c1-24-12-11-21-19(20,13-22)17(14-7-9-16(23)10-8-14)18(25-21)15-5-3-2-4-6-15/h2-10,13,23H,11-12,20H2,1H3. The van der Waals surface area contributed by atoms with Crippen LogP contribution in [0.3, 0.4) is 0 Å². The number of hydrogen-bond donors (Lipinski definition) is 2. The second-order valence-electron chi connectivity index (χ2n) is 5.75. The van der Waals surface area contributed by atoms with E-state index in [1.807, 2.05) is 34.6 Å². The van der Waals surface area contributed by atoms with Gasteiger partial charge in [-0.2, -0.15) is 0 Å². The number of methoxy groups -OCH3 is 1. The van der Waals surface area contributed by atoms with E-state index < -0.39 is 5.66 Å². The number of aldehydes is 1. The van der Waals surface area contributed by atoms with Gasteiger partial charge in [-0.05, 0) is 35.2 Å². The van der Waals surface area contributed by atoms with Crippen molar-refractivity contribution < 1.29 is 14.6 Å². The van der Waals surface area contributed by atoms with Crippen LogP contribution in [-0.2, 0) is 9.53 Å². The Morgan fingerprint density at radius 3 is 2.44 bits per heavy atom. The lowest BCUT2D eigenvalue weighted by molar-refractivity contribution is -0.113. The zero-order valence-corrected chi connectivity index (χ0v) is 14.7. The molecule has 2 aromatic carbocycles. The number of phenols is 1. The monoisotopic (exact) mass is 356 g/mol. The lowest BCUT2D eigenvalue weighted by atomic mass is 9.91. The lowest BCUT2D eigenvalue weighted by Crippen LogP contribution is -2.53. The number of phenolic OH excluding ortho intramolecular Hbond substituents is 1. The number of nitrogens with zero attached hydrogens (tertiary/aromatic N) is 1. The highest BCUT2D eigenvalue weighted by molar-refractivity contribution is 8.06. The summed E-state index contributed by atoms with van der Waals surface area (Å²) >= 11 is 1.46. The van der Waals surface area contributed by atoms with E-state index in [1.54, 1.807) is 31.4 Å². The Hall–Kier alpha value is -2.12. The SMILES string of the molecule is COCCN1SC(c2ccccc2)=C(c2ccc(O)cc2)C1(N)C=O. The van der Waals surface area contributed by atoms with E-state index in [-0.39, 0.29) is 5.75 Å². The average molecular weight is 356 g/mol. The maximum Gasteiger partial charge on any atom is 0.163 e. The summed E-state index contributed by atoms with van der Waals surface area (Å²) in [5, 5.41) is 9.59. The molecule has 0 bridgehead atoms. The smallest absolute Gasteiger partial charge is 0.163 e. The van der Waals surface area contributed by atoms with Gasteiger partial charge in [-0.15, -0.1) is 0 Å². The zero-order chi connectivity index (χ0) is 17.9. The summed E-state index contributed by atoms with van der Waals surface area (Å²) in [7, 11) is 1.62. The Balaban J connectivity index is 2.15. The molecule has 3 N–H and O–H groups in total. The number of carbonyl (C=O) groups is 1. The normalized spacial score (nSPS) is 20.9. The number of aromatic hydroxyl groups is 1. The van der Waals surface area contributed by atoms with Gasteiger partial charge in [0.1, 0.15) is 5.75 Å². The van der Waals surface area contributed by atoms with Crippen molar-refractivity contribution in [3.05, 3.63) is 65.7 Å². The van der Waals surface area contributed by atoms with Crippen LogP contribution in [-0.4, -0.2) is 41.6 Å². The van der Waals surface area contributed by atoms with Gasteiger partial charge in [-0.3, -0.25) is 4.79 Å². The Labute approximate surface area is 151 Å². The van der Waals surface area contributed by atoms with Crippen molar-refractivity contribution in [2.24, 2.45) is 5.73 Å². The van der Waals surface area contributed by atoms with Gasteiger partial charge in [0.2, 0.25) is 0 Å². The second kappa shape index (κ2) is 7.41. The van der Waals surface area contributed by atoms with E-state index in [1.165, 1.54) is 11.9 Å². The minimum absolute atomic E-state index is 0.168. The van der Waals surface area contributed by atoms with Gasteiger partial charge in [0.15, 0.2) is 11.9 Å². The Bertz CT molecular complexity index is 777. The van der Waals surface area contributed by atoms with Crippen LogP contribution in [0.1, 0.15) is 11.1 Å². The summed E-state index contributed by atoms with van der Waals surface area (Å²) in [6, 6.07) is 16.6. The molecule has 0 aromatic heterocycles. The molecule has 130 valence electrons. The quantitative estimate of drug-likeness (QED) is 0.612. The van der Waals surface area contributed by atoms with Crippen molar-refractivity contribution in [3.8, 4) is 5.75 Å². The van der Waals surface area contributed by atoms with E-state index in [2.05, 4.69) is 0 Å². The van der Waals surface area contributed by atoms with Crippen LogP contribution in [0.4, 0.5) is 0 Å². The van der Waals surface area contributed by atoms with Crippen molar-refractivity contribution in [2.45, 2.75) is 5.66 Å². The number of hydrogen-bond acceptors (Lipinski definition) is 6. The van der Waals surface area contributed by atoms with E-state index >= 15 is 0 Å². The summed E-state index contributed by atoms with van der Waals surface area (Å²) in [4.78, 5) is 13.0. The molecule has 2 aromatic rings. The number of rotatable bonds is 6. The molecule has 1 heterocycles. The molecule has 1 atom stereocenters. The van der Waals surface area contributed by atoms with E-state index in [0.29, 0.717) is 13.2 Å². The largest absolute Gasteiger partial charge is 0.508 e. The highest BCUT2D eigenvalue weighted by atomic mass is 32.2. The summed E-state index contributed by atoms with van der Waals surface area (Å²) < 4.78 is 7.00. The van der Waals surface area contributed by atoms with Gasteiger partial charge in [0.05, 0.1) is 6.61 Å². The summed E-state index contributed by atoms with van der Waals surface area (Å²) in [6.07, 6.45) is 0.772.